The van der Waals surface area contributed by atoms with E-state index in [0.717, 1.165) is 29.0 Å². The minimum absolute atomic E-state index is 0.235. The van der Waals surface area contributed by atoms with Crippen molar-refractivity contribution in [2.75, 3.05) is 18.0 Å². The van der Waals surface area contributed by atoms with Crippen LogP contribution in [0.4, 0.5) is 10.8 Å². The molecule has 5 heteroatoms. The van der Waals surface area contributed by atoms with Crippen molar-refractivity contribution in [2.45, 2.75) is 13.8 Å². The van der Waals surface area contributed by atoms with Crippen molar-refractivity contribution in [3.05, 3.63) is 48.0 Å². The molecule has 23 heavy (non-hydrogen) atoms. The highest BCUT2D eigenvalue weighted by atomic mass is 32.1. The summed E-state index contributed by atoms with van der Waals surface area (Å²) in [7, 11) is 0. The SMILES string of the molecule is CCN(CC)c1ccc(/C=N/c2nc3ccccc3s2)c(O)c1. The Morgan fingerprint density at radius 3 is 2.65 bits per heavy atom. The number of anilines is 1. The Balaban J connectivity index is 1.84. The van der Waals surface area contributed by atoms with Crippen molar-refractivity contribution in [3.8, 4) is 5.75 Å². The monoisotopic (exact) mass is 325 g/mol. The smallest absolute Gasteiger partial charge is 0.210 e. The van der Waals surface area contributed by atoms with Gasteiger partial charge in [0.2, 0.25) is 5.13 Å². The van der Waals surface area contributed by atoms with Crippen molar-refractivity contribution in [1.29, 1.82) is 0 Å². The molecule has 3 rings (SSSR count). The van der Waals surface area contributed by atoms with Gasteiger partial charge in [0.15, 0.2) is 0 Å². The number of hydrogen-bond donors (Lipinski definition) is 1. The number of nitrogens with zero attached hydrogens (tertiary/aromatic N) is 3. The fraction of sp³-hybridized carbons (Fsp3) is 0.222. The van der Waals surface area contributed by atoms with Crippen LogP contribution >= 0.6 is 11.3 Å². The molecule has 4 nitrogen and oxygen atoms in total. The predicted octanol–water partition coefficient (Wildman–Crippen LogP) is 4.60. The minimum atomic E-state index is 0.235. The second-order valence-electron chi connectivity index (χ2n) is 5.14. The summed E-state index contributed by atoms with van der Waals surface area (Å²) in [5.41, 5.74) is 2.66. The molecule has 0 atom stereocenters. The van der Waals surface area contributed by atoms with Gasteiger partial charge >= 0.3 is 0 Å². The molecular weight excluding hydrogens is 306 g/mol. The van der Waals surface area contributed by atoms with E-state index in [0.29, 0.717) is 10.7 Å². The zero-order valence-electron chi connectivity index (χ0n) is 13.2. The van der Waals surface area contributed by atoms with E-state index in [1.807, 2.05) is 36.4 Å². The molecule has 0 unspecified atom stereocenters. The van der Waals surface area contributed by atoms with E-state index < -0.39 is 0 Å². The Morgan fingerprint density at radius 1 is 1.17 bits per heavy atom. The van der Waals surface area contributed by atoms with E-state index in [1.165, 1.54) is 11.3 Å². The maximum Gasteiger partial charge on any atom is 0.210 e. The molecule has 0 bridgehead atoms. The van der Waals surface area contributed by atoms with Gasteiger partial charge in [-0.25, -0.2) is 9.98 Å². The maximum absolute atomic E-state index is 10.2. The third kappa shape index (κ3) is 3.35. The zero-order chi connectivity index (χ0) is 16.2. The van der Waals surface area contributed by atoms with Crippen LogP contribution in [0.25, 0.3) is 10.2 Å². The first kappa shape index (κ1) is 15.5. The largest absolute Gasteiger partial charge is 0.507 e. The first-order chi connectivity index (χ1) is 11.2. The number of para-hydroxylation sites is 1. The van der Waals surface area contributed by atoms with Crippen LogP contribution in [0.3, 0.4) is 0 Å². The highest BCUT2D eigenvalue weighted by molar-refractivity contribution is 7.22. The Bertz CT molecular complexity index is 804. The molecule has 118 valence electrons. The number of hydrogen-bond acceptors (Lipinski definition) is 5. The molecule has 3 aromatic rings. The molecule has 0 fully saturated rings. The average Bonchev–Trinajstić information content (AvgIpc) is 2.98. The van der Waals surface area contributed by atoms with Crippen LogP contribution in [0, 0.1) is 0 Å². The van der Waals surface area contributed by atoms with Gasteiger partial charge in [-0.05, 0) is 38.1 Å². The molecule has 0 amide bonds. The Kier molecular flexibility index (Phi) is 4.57. The van der Waals surface area contributed by atoms with Gasteiger partial charge in [-0.3, -0.25) is 0 Å². The van der Waals surface area contributed by atoms with Crippen LogP contribution in [0.1, 0.15) is 19.4 Å². The molecule has 1 aromatic heterocycles. The van der Waals surface area contributed by atoms with Crippen molar-refractivity contribution in [1.82, 2.24) is 4.98 Å². The molecule has 0 spiro atoms. The first-order valence-electron chi connectivity index (χ1n) is 7.69. The molecular formula is C18H19N3OS. The van der Waals surface area contributed by atoms with Gasteiger partial charge in [-0.15, -0.1) is 0 Å². The molecule has 0 aliphatic heterocycles. The normalized spacial score (nSPS) is 11.4. The predicted molar refractivity (Wildman–Crippen MR) is 98.5 cm³/mol. The lowest BCUT2D eigenvalue weighted by Crippen LogP contribution is -2.21. The molecule has 0 saturated carbocycles. The van der Waals surface area contributed by atoms with Crippen molar-refractivity contribution >= 4 is 38.6 Å². The van der Waals surface area contributed by atoms with Crippen LogP contribution in [0.15, 0.2) is 47.5 Å². The molecule has 0 saturated heterocycles. The summed E-state index contributed by atoms with van der Waals surface area (Å²) in [5.74, 6) is 0.235. The molecule has 1 N–H and O–H groups in total. The Labute approximate surface area is 139 Å². The van der Waals surface area contributed by atoms with Crippen LogP contribution < -0.4 is 4.90 Å². The summed E-state index contributed by atoms with van der Waals surface area (Å²) in [4.78, 5) is 11.0. The van der Waals surface area contributed by atoms with Gasteiger partial charge in [0.05, 0.1) is 10.2 Å². The van der Waals surface area contributed by atoms with E-state index in [4.69, 9.17) is 0 Å². The van der Waals surface area contributed by atoms with E-state index in [-0.39, 0.29) is 5.75 Å². The van der Waals surface area contributed by atoms with Gasteiger partial charge in [-0.2, -0.15) is 0 Å². The average molecular weight is 325 g/mol. The van der Waals surface area contributed by atoms with Crippen molar-refractivity contribution in [3.63, 3.8) is 0 Å². The fourth-order valence-corrected chi connectivity index (χ4v) is 3.28. The number of thiazole rings is 1. The lowest BCUT2D eigenvalue weighted by Gasteiger charge is -2.21. The summed E-state index contributed by atoms with van der Waals surface area (Å²) >= 11 is 1.54. The molecule has 0 aliphatic carbocycles. The third-order valence-electron chi connectivity index (χ3n) is 3.74. The van der Waals surface area contributed by atoms with E-state index in [1.54, 1.807) is 12.3 Å². The van der Waals surface area contributed by atoms with Gasteiger partial charge in [0.25, 0.3) is 0 Å². The summed E-state index contributed by atoms with van der Waals surface area (Å²) in [6.45, 7) is 6.02. The number of aliphatic imine (C=N–C) groups is 1. The van der Waals surface area contributed by atoms with E-state index in [9.17, 15) is 5.11 Å². The molecule has 1 heterocycles. The van der Waals surface area contributed by atoms with Gasteiger partial charge in [0, 0.05) is 36.6 Å². The van der Waals surface area contributed by atoms with E-state index in [2.05, 4.69) is 28.7 Å². The van der Waals surface area contributed by atoms with Crippen LogP contribution in [-0.4, -0.2) is 29.4 Å². The lowest BCUT2D eigenvalue weighted by molar-refractivity contribution is 0.474. The first-order valence-corrected chi connectivity index (χ1v) is 8.50. The van der Waals surface area contributed by atoms with Crippen molar-refractivity contribution < 1.29 is 5.11 Å². The van der Waals surface area contributed by atoms with Gasteiger partial charge in [0.1, 0.15) is 5.75 Å². The number of benzene rings is 2. The zero-order valence-corrected chi connectivity index (χ0v) is 14.0. The van der Waals surface area contributed by atoms with Crippen molar-refractivity contribution in [2.24, 2.45) is 4.99 Å². The van der Waals surface area contributed by atoms with Gasteiger partial charge in [-0.1, -0.05) is 23.5 Å². The van der Waals surface area contributed by atoms with Crippen LogP contribution in [0.5, 0.6) is 5.75 Å². The Hall–Kier alpha value is -2.40. The lowest BCUT2D eigenvalue weighted by atomic mass is 10.2. The summed E-state index contributed by atoms with van der Waals surface area (Å²) in [6.07, 6.45) is 1.67. The highest BCUT2D eigenvalue weighted by Crippen LogP contribution is 2.28. The number of fused-ring (bicyclic) bond motifs is 1. The summed E-state index contributed by atoms with van der Waals surface area (Å²) < 4.78 is 1.11. The molecule has 0 radical (unpaired) electrons. The number of aromatic nitrogens is 1. The number of rotatable bonds is 5. The summed E-state index contributed by atoms with van der Waals surface area (Å²) in [6, 6.07) is 13.6. The van der Waals surface area contributed by atoms with Gasteiger partial charge < -0.3 is 10.0 Å². The fourth-order valence-electron chi connectivity index (χ4n) is 2.47. The van der Waals surface area contributed by atoms with E-state index >= 15 is 0 Å². The number of phenols is 1. The summed E-state index contributed by atoms with van der Waals surface area (Å²) in [5, 5.41) is 10.9. The second kappa shape index (κ2) is 6.79. The quantitative estimate of drug-likeness (QED) is 0.698. The second-order valence-corrected chi connectivity index (χ2v) is 6.15. The maximum atomic E-state index is 10.2. The number of phenolic OH excluding ortho intramolecular Hbond substituents is 1. The molecule has 2 aromatic carbocycles. The minimum Gasteiger partial charge on any atom is -0.507 e. The molecule has 0 aliphatic rings. The third-order valence-corrected chi connectivity index (χ3v) is 4.68. The topological polar surface area (TPSA) is 48.7 Å². The highest BCUT2D eigenvalue weighted by Gasteiger charge is 2.06. The van der Waals surface area contributed by atoms with Crippen LogP contribution in [-0.2, 0) is 0 Å². The Morgan fingerprint density at radius 2 is 1.96 bits per heavy atom. The standard InChI is InChI=1S/C18H19N3OS/c1-3-21(4-2)14-10-9-13(16(22)11-14)12-19-18-20-15-7-5-6-8-17(15)23-18/h5-12,22H,3-4H2,1-2H3/b19-12+. The van der Waals surface area contributed by atoms with Crippen LogP contribution in [0.2, 0.25) is 0 Å². The number of aromatic hydroxyl groups is 1.